The van der Waals surface area contributed by atoms with Crippen LogP contribution in [0.5, 0.6) is 5.75 Å². The van der Waals surface area contributed by atoms with Gasteiger partial charge in [-0.05, 0) is 36.8 Å². The van der Waals surface area contributed by atoms with Gasteiger partial charge in [0.2, 0.25) is 0 Å². The summed E-state index contributed by atoms with van der Waals surface area (Å²) in [5.74, 6) is 0.331. The van der Waals surface area contributed by atoms with Crippen LogP contribution in [0.15, 0.2) is 42.6 Å². The molecule has 0 spiro atoms. The number of hydrogen-bond donors (Lipinski definition) is 0. The third-order valence-electron chi connectivity index (χ3n) is 3.90. The molecule has 0 fully saturated rings. The van der Waals surface area contributed by atoms with Crippen molar-refractivity contribution in [2.75, 3.05) is 14.2 Å². The zero-order valence-corrected chi connectivity index (χ0v) is 14.3. The Morgan fingerprint density at radius 2 is 1.92 bits per heavy atom. The Kier molecular flexibility index (Phi) is 4.74. The molecule has 0 saturated heterocycles. The van der Waals surface area contributed by atoms with E-state index in [0.717, 1.165) is 22.6 Å². The van der Waals surface area contributed by atoms with Gasteiger partial charge in [-0.3, -0.25) is 0 Å². The number of pyridine rings is 1. The summed E-state index contributed by atoms with van der Waals surface area (Å²) in [6.07, 6.45) is 1.56. The quantitative estimate of drug-likeness (QED) is 0.665. The van der Waals surface area contributed by atoms with E-state index < -0.39 is 5.97 Å². The van der Waals surface area contributed by atoms with Gasteiger partial charge >= 0.3 is 5.97 Å². The van der Waals surface area contributed by atoms with Gasteiger partial charge in [0.05, 0.1) is 26.5 Å². The number of ether oxygens (including phenoxy) is 2. The number of esters is 1. The molecule has 2 heterocycles. The monoisotopic (exact) mass is 338 g/mol. The molecule has 0 unspecified atom stereocenters. The van der Waals surface area contributed by atoms with Crippen molar-refractivity contribution in [2.24, 2.45) is 0 Å². The summed E-state index contributed by atoms with van der Waals surface area (Å²) in [4.78, 5) is 15.7. The molecule has 0 N–H and O–H groups in total. The second-order valence-electron chi connectivity index (χ2n) is 5.45. The maximum Gasteiger partial charge on any atom is 0.356 e. The number of aromatic nitrogens is 4. The lowest BCUT2D eigenvalue weighted by Gasteiger charge is -2.06. The fraction of sp³-hybridized carbons (Fsp3) is 0.222. The zero-order chi connectivity index (χ0) is 17.8. The van der Waals surface area contributed by atoms with Gasteiger partial charge in [-0.1, -0.05) is 17.3 Å². The second-order valence-corrected chi connectivity index (χ2v) is 5.45. The predicted molar refractivity (Wildman–Crippen MR) is 91.4 cm³/mol. The first-order valence-corrected chi connectivity index (χ1v) is 7.70. The average molecular weight is 338 g/mol. The molecule has 0 bridgehead atoms. The molecule has 0 radical (unpaired) electrons. The minimum Gasteiger partial charge on any atom is -0.497 e. The highest BCUT2D eigenvalue weighted by molar-refractivity contribution is 5.88. The molecule has 7 nitrogen and oxygen atoms in total. The number of nitrogens with zero attached hydrogens (tertiary/aromatic N) is 4. The van der Waals surface area contributed by atoms with E-state index >= 15 is 0 Å². The van der Waals surface area contributed by atoms with Crippen LogP contribution in [-0.4, -0.2) is 40.2 Å². The molecule has 128 valence electrons. The van der Waals surface area contributed by atoms with Crippen LogP contribution >= 0.6 is 0 Å². The Hall–Kier alpha value is -3.22. The third kappa shape index (κ3) is 3.50. The van der Waals surface area contributed by atoms with E-state index in [1.165, 1.54) is 7.11 Å². The molecule has 0 aliphatic carbocycles. The van der Waals surface area contributed by atoms with Gasteiger partial charge in [0.25, 0.3) is 0 Å². The molecule has 0 aliphatic rings. The van der Waals surface area contributed by atoms with Crippen molar-refractivity contribution in [3.8, 4) is 17.0 Å². The van der Waals surface area contributed by atoms with E-state index in [1.54, 1.807) is 25.4 Å². The fourth-order valence-electron chi connectivity index (χ4n) is 2.48. The van der Waals surface area contributed by atoms with Gasteiger partial charge < -0.3 is 9.47 Å². The SMILES string of the molecule is COC(=O)c1cc(-c2nnn(Cc3ccc(OC)cc3)c2C)ccn1. The highest BCUT2D eigenvalue weighted by Gasteiger charge is 2.14. The lowest BCUT2D eigenvalue weighted by Crippen LogP contribution is -2.05. The first-order valence-electron chi connectivity index (χ1n) is 7.70. The molecule has 25 heavy (non-hydrogen) atoms. The van der Waals surface area contributed by atoms with E-state index in [-0.39, 0.29) is 5.69 Å². The summed E-state index contributed by atoms with van der Waals surface area (Å²) in [7, 11) is 2.97. The van der Waals surface area contributed by atoms with Gasteiger partial charge in [-0.2, -0.15) is 0 Å². The van der Waals surface area contributed by atoms with Gasteiger partial charge in [0.15, 0.2) is 0 Å². The average Bonchev–Trinajstić information content (AvgIpc) is 3.02. The Morgan fingerprint density at radius 3 is 2.60 bits per heavy atom. The molecular formula is C18H18N4O3. The third-order valence-corrected chi connectivity index (χ3v) is 3.90. The first kappa shape index (κ1) is 16.6. The second kappa shape index (κ2) is 7.12. The summed E-state index contributed by atoms with van der Waals surface area (Å²) >= 11 is 0. The summed E-state index contributed by atoms with van der Waals surface area (Å²) in [5.41, 5.74) is 3.71. The molecule has 0 amide bonds. The first-order chi connectivity index (χ1) is 12.1. The Morgan fingerprint density at radius 1 is 1.16 bits per heavy atom. The standard InChI is InChI=1S/C18H18N4O3/c1-12-17(14-8-9-19-16(10-14)18(23)25-3)20-21-22(12)11-13-4-6-15(24-2)7-5-13/h4-10H,11H2,1-3H3. The summed E-state index contributed by atoms with van der Waals surface area (Å²) in [5, 5.41) is 8.47. The summed E-state index contributed by atoms with van der Waals surface area (Å²) in [6, 6.07) is 11.2. The molecule has 0 atom stereocenters. The normalized spacial score (nSPS) is 10.5. The van der Waals surface area contributed by atoms with Crippen molar-refractivity contribution < 1.29 is 14.3 Å². The van der Waals surface area contributed by atoms with Crippen LogP contribution in [0.25, 0.3) is 11.3 Å². The zero-order valence-electron chi connectivity index (χ0n) is 14.3. The van der Waals surface area contributed by atoms with E-state index in [2.05, 4.69) is 15.3 Å². The predicted octanol–water partition coefficient (Wildman–Crippen LogP) is 2.49. The summed E-state index contributed by atoms with van der Waals surface area (Å²) < 4.78 is 11.7. The van der Waals surface area contributed by atoms with Crippen LogP contribution in [0.4, 0.5) is 0 Å². The van der Waals surface area contributed by atoms with Crippen LogP contribution in [-0.2, 0) is 11.3 Å². The molecule has 3 rings (SSSR count). The molecule has 7 heteroatoms. The van der Waals surface area contributed by atoms with Crippen LogP contribution in [0.2, 0.25) is 0 Å². The number of rotatable bonds is 5. The van der Waals surface area contributed by atoms with Crippen molar-refractivity contribution in [3.05, 3.63) is 59.5 Å². The minimum absolute atomic E-state index is 0.240. The number of carbonyl (C=O) groups is 1. The van der Waals surface area contributed by atoms with Crippen LogP contribution in [0.3, 0.4) is 0 Å². The maximum atomic E-state index is 11.6. The number of benzene rings is 1. The Balaban J connectivity index is 1.86. The largest absolute Gasteiger partial charge is 0.497 e. The molecular weight excluding hydrogens is 320 g/mol. The van der Waals surface area contributed by atoms with E-state index in [1.807, 2.05) is 35.9 Å². The van der Waals surface area contributed by atoms with E-state index in [9.17, 15) is 4.79 Å². The van der Waals surface area contributed by atoms with Gasteiger partial charge in [-0.15, -0.1) is 5.10 Å². The summed E-state index contributed by atoms with van der Waals surface area (Å²) in [6.45, 7) is 2.54. The Labute approximate surface area is 145 Å². The topological polar surface area (TPSA) is 79.1 Å². The van der Waals surface area contributed by atoms with E-state index in [0.29, 0.717) is 12.2 Å². The minimum atomic E-state index is -0.481. The molecule has 2 aromatic heterocycles. The lowest BCUT2D eigenvalue weighted by atomic mass is 10.1. The molecule has 1 aromatic carbocycles. The number of carbonyl (C=O) groups excluding carboxylic acids is 1. The van der Waals surface area contributed by atoms with Crippen molar-refractivity contribution in [3.63, 3.8) is 0 Å². The highest BCUT2D eigenvalue weighted by atomic mass is 16.5. The van der Waals surface area contributed by atoms with Gasteiger partial charge in [0.1, 0.15) is 17.1 Å². The fourth-order valence-corrected chi connectivity index (χ4v) is 2.48. The smallest absolute Gasteiger partial charge is 0.356 e. The molecule has 3 aromatic rings. The van der Waals surface area contributed by atoms with Gasteiger partial charge in [0, 0.05) is 11.8 Å². The van der Waals surface area contributed by atoms with Crippen LogP contribution in [0.1, 0.15) is 21.7 Å². The van der Waals surface area contributed by atoms with E-state index in [4.69, 9.17) is 9.47 Å². The highest BCUT2D eigenvalue weighted by Crippen LogP contribution is 2.22. The van der Waals surface area contributed by atoms with Crippen molar-refractivity contribution in [1.82, 2.24) is 20.0 Å². The number of hydrogen-bond acceptors (Lipinski definition) is 6. The Bertz CT molecular complexity index is 888. The van der Waals surface area contributed by atoms with Crippen molar-refractivity contribution in [2.45, 2.75) is 13.5 Å². The lowest BCUT2D eigenvalue weighted by molar-refractivity contribution is 0.0594. The van der Waals surface area contributed by atoms with Gasteiger partial charge in [-0.25, -0.2) is 14.5 Å². The molecule has 0 aliphatic heterocycles. The van der Waals surface area contributed by atoms with Crippen molar-refractivity contribution in [1.29, 1.82) is 0 Å². The van der Waals surface area contributed by atoms with Crippen LogP contribution in [0, 0.1) is 6.92 Å². The maximum absolute atomic E-state index is 11.6. The number of methoxy groups -OCH3 is 2. The van der Waals surface area contributed by atoms with Crippen LogP contribution < -0.4 is 4.74 Å². The van der Waals surface area contributed by atoms with Crippen molar-refractivity contribution >= 4 is 5.97 Å². The molecule has 0 saturated carbocycles.